The summed E-state index contributed by atoms with van der Waals surface area (Å²) in [7, 11) is 0. The van der Waals surface area contributed by atoms with Gasteiger partial charge in [-0.25, -0.2) is 8.91 Å². The second kappa shape index (κ2) is 4.44. The largest absolute Gasteiger partial charge is 0.452 e. The Balaban J connectivity index is 2.08. The molecular weight excluding hydrogens is 269 g/mol. The Morgan fingerprint density at radius 3 is 2.89 bits per heavy atom. The molecule has 0 saturated heterocycles. The Labute approximate surface area is 113 Å². The summed E-state index contributed by atoms with van der Waals surface area (Å²) in [6.45, 7) is 0. The van der Waals surface area contributed by atoms with Gasteiger partial charge in [-0.05, 0) is 24.3 Å². The fourth-order valence-electron chi connectivity index (χ4n) is 1.78. The number of pyridine rings is 1. The Kier molecular flexibility index (Phi) is 2.76. The number of nitrogen functional groups attached to an aromatic ring is 1. The number of anilines is 1. The van der Waals surface area contributed by atoms with Crippen LogP contribution in [0.4, 0.5) is 10.1 Å². The predicted molar refractivity (Wildman–Crippen MR) is 71.1 cm³/mol. The lowest BCUT2D eigenvalue weighted by Crippen LogP contribution is -1.94. The van der Waals surface area contributed by atoms with Gasteiger partial charge in [-0.15, -0.1) is 0 Å². The second-order valence-electron chi connectivity index (χ2n) is 3.95. The first-order chi connectivity index (χ1) is 9.15. The molecule has 0 radical (unpaired) electrons. The molecule has 3 rings (SSSR count). The summed E-state index contributed by atoms with van der Waals surface area (Å²) < 4.78 is 20.8. The molecule has 19 heavy (non-hydrogen) atoms. The fourth-order valence-corrected chi connectivity index (χ4v) is 2.00. The van der Waals surface area contributed by atoms with Crippen LogP contribution < -0.4 is 10.5 Å². The highest BCUT2D eigenvalue weighted by molar-refractivity contribution is 6.34. The summed E-state index contributed by atoms with van der Waals surface area (Å²) in [5.41, 5.74) is 6.41. The minimum absolute atomic E-state index is 0.0829. The van der Waals surface area contributed by atoms with Gasteiger partial charge in [-0.3, -0.25) is 0 Å². The van der Waals surface area contributed by atoms with Crippen LogP contribution in [0.2, 0.25) is 5.02 Å². The Morgan fingerprint density at radius 1 is 1.26 bits per heavy atom. The molecule has 0 aliphatic heterocycles. The third-order valence-corrected chi connectivity index (χ3v) is 2.91. The number of aromatic nitrogens is 2. The number of nitrogens with two attached hydrogens (primary N) is 1. The maximum atomic E-state index is 13.7. The fraction of sp³-hybridized carbons (Fsp3) is 0. The smallest absolute Gasteiger partial charge is 0.167 e. The van der Waals surface area contributed by atoms with E-state index >= 15 is 0 Å². The topological polar surface area (TPSA) is 52.5 Å². The number of ether oxygens (including phenoxy) is 1. The maximum Gasteiger partial charge on any atom is 0.167 e. The summed E-state index contributed by atoms with van der Waals surface area (Å²) in [4.78, 5) is 0. The van der Waals surface area contributed by atoms with Gasteiger partial charge >= 0.3 is 0 Å². The SMILES string of the molecule is Nc1ccc(Oc2cccn3ncc(Cl)c23)c(F)c1. The lowest BCUT2D eigenvalue weighted by Gasteiger charge is -2.08. The van der Waals surface area contributed by atoms with Crippen LogP contribution in [0.15, 0.2) is 42.7 Å². The second-order valence-corrected chi connectivity index (χ2v) is 4.36. The molecular formula is C13H9ClFN3O. The van der Waals surface area contributed by atoms with Crippen molar-refractivity contribution < 1.29 is 9.13 Å². The Hall–Kier alpha value is -2.27. The minimum Gasteiger partial charge on any atom is -0.452 e. The summed E-state index contributed by atoms with van der Waals surface area (Å²) >= 11 is 6.03. The van der Waals surface area contributed by atoms with Gasteiger partial charge in [-0.1, -0.05) is 11.6 Å². The zero-order chi connectivity index (χ0) is 13.4. The Morgan fingerprint density at radius 2 is 2.11 bits per heavy atom. The minimum atomic E-state index is -0.530. The first kappa shape index (κ1) is 11.8. The monoisotopic (exact) mass is 277 g/mol. The van der Waals surface area contributed by atoms with E-state index < -0.39 is 5.82 Å². The van der Waals surface area contributed by atoms with Crippen molar-refractivity contribution in [2.75, 3.05) is 5.73 Å². The zero-order valence-electron chi connectivity index (χ0n) is 9.68. The Bertz CT molecular complexity index is 757. The van der Waals surface area contributed by atoms with Crippen molar-refractivity contribution >= 4 is 22.8 Å². The number of fused-ring (bicyclic) bond motifs is 1. The van der Waals surface area contributed by atoms with Crippen LogP contribution in [0.25, 0.3) is 5.52 Å². The van der Waals surface area contributed by atoms with Gasteiger partial charge in [0.05, 0.1) is 11.2 Å². The van der Waals surface area contributed by atoms with E-state index in [1.165, 1.54) is 18.3 Å². The first-order valence-corrected chi connectivity index (χ1v) is 5.87. The van der Waals surface area contributed by atoms with Gasteiger partial charge in [0, 0.05) is 18.0 Å². The highest BCUT2D eigenvalue weighted by atomic mass is 35.5. The van der Waals surface area contributed by atoms with Crippen LogP contribution in [0.1, 0.15) is 0 Å². The number of nitrogens with zero attached hydrogens (tertiary/aromatic N) is 2. The van der Waals surface area contributed by atoms with Crippen molar-refractivity contribution in [1.29, 1.82) is 0 Å². The third kappa shape index (κ3) is 2.08. The lowest BCUT2D eigenvalue weighted by molar-refractivity contribution is 0.445. The van der Waals surface area contributed by atoms with Gasteiger partial charge in [0.15, 0.2) is 17.3 Å². The van der Waals surface area contributed by atoms with E-state index in [4.69, 9.17) is 22.1 Å². The van der Waals surface area contributed by atoms with Crippen molar-refractivity contribution in [2.45, 2.75) is 0 Å². The molecule has 0 unspecified atom stereocenters. The van der Waals surface area contributed by atoms with Crippen LogP contribution in [-0.4, -0.2) is 9.61 Å². The van der Waals surface area contributed by atoms with Crippen molar-refractivity contribution in [3.8, 4) is 11.5 Å². The molecule has 6 heteroatoms. The lowest BCUT2D eigenvalue weighted by atomic mass is 10.3. The van der Waals surface area contributed by atoms with Crippen molar-refractivity contribution in [1.82, 2.24) is 9.61 Å². The molecule has 4 nitrogen and oxygen atoms in total. The van der Waals surface area contributed by atoms with E-state index in [0.29, 0.717) is 22.0 Å². The van der Waals surface area contributed by atoms with E-state index in [0.717, 1.165) is 0 Å². The average Bonchev–Trinajstić information content (AvgIpc) is 2.76. The van der Waals surface area contributed by atoms with Gasteiger partial charge < -0.3 is 10.5 Å². The van der Waals surface area contributed by atoms with Crippen molar-refractivity contribution in [2.24, 2.45) is 0 Å². The van der Waals surface area contributed by atoms with Crippen LogP contribution in [-0.2, 0) is 0 Å². The zero-order valence-corrected chi connectivity index (χ0v) is 10.4. The molecule has 0 atom stereocenters. The molecule has 2 aromatic heterocycles. The average molecular weight is 278 g/mol. The van der Waals surface area contributed by atoms with E-state index in [2.05, 4.69) is 5.10 Å². The number of benzene rings is 1. The van der Waals surface area contributed by atoms with Crippen molar-refractivity contribution in [3.63, 3.8) is 0 Å². The summed E-state index contributed by atoms with van der Waals surface area (Å²) in [5.74, 6) is -0.0223. The van der Waals surface area contributed by atoms with Gasteiger partial charge in [0.1, 0.15) is 5.52 Å². The molecule has 0 fully saturated rings. The molecule has 0 aliphatic carbocycles. The third-order valence-electron chi connectivity index (χ3n) is 2.63. The van der Waals surface area contributed by atoms with E-state index in [-0.39, 0.29) is 5.75 Å². The molecule has 0 saturated carbocycles. The van der Waals surface area contributed by atoms with Crippen LogP contribution >= 0.6 is 11.6 Å². The normalized spacial score (nSPS) is 10.8. The van der Waals surface area contributed by atoms with E-state index in [1.54, 1.807) is 28.9 Å². The number of halogens is 2. The molecule has 1 aromatic carbocycles. The van der Waals surface area contributed by atoms with E-state index in [9.17, 15) is 4.39 Å². The van der Waals surface area contributed by atoms with Crippen molar-refractivity contribution in [3.05, 3.63) is 53.6 Å². The quantitative estimate of drug-likeness (QED) is 0.729. The van der Waals surface area contributed by atoms with Crippen LogP contribution in [0.5, 0.6) is 11.5 Å². The molecule has 0 spiro atoms. The number of hydrogen-bond acceptors (Lipinski definition) is 3. The molecule has 0 bridgehead atoms. The standard InChI is InChI=1S/C13H9ClFN3O/c14-9-7-17-18-5-1-2-12(13(9)18)19-11-4-3-8(16)6-10(11)15/h1-7H,16H2. The maximum absolute atomic E-state index is 13.7. The highest BCUT2D eigenvalue weighted by Gasteiger charge is 2.11. The number of hydrogen-bond donors (Lipinski definition) is 1. The van der Waals surface area contributed by atoms with Gasteiger partial charge in [-0.2, -0.15) is 5.10 Å². The first-order valence-electron chi connectivity index (χ1n) is 5.50. The van der Waals surface area contributed by atoms with Crippen LogP contribution in [0.3, 0.4) is 0 Å². The molecule has 2 N–H and O–H groups in total. The summed E-state index contributed by atoms with van der Waals surface area (Å²) in [6.07, 6.45) is 3.23. The molecule has 0 aliphatic rings. The highest BCUT2D eigenvalue weighted by Crippen LogP contribution is 2.32. The van der Waals surface area contributed by atoms with Gasteiger partial charge in [0.2, 0.25) is 0 Å². The summed E-state index contributed by atoms with van der Waals surface area (Å²) in [5, 5.41) is 4.48. The molecule has 0 amide bonds. The van der Waals surface area contributed by atoms with E-state index in [1.807, 2.05) is 0 Å². The van der Waals surface area contributed by atoms with Crippen LogP contribution in [0, 0.1) is 5.82 Å². The van der Waals surface area contributed by atoms with Gasteiger partial charge in [0.25, 0.3) is 0 Å². The number of rotatable bonds is 2. The predicted octanol–water partition coefficient (Wildman–Crippen LogP) is 3.50. The molecule has 2 heterocycles. The molecule has 3 aromatic rings. The summed E-state index contributed by atoms with van der Waals surface area (Å²) in [6, 6.07) is 7.67. The molecule has 96 valence electrons.